The van der Waals surface area contributed by atoms with Crippen molar-refractivity contribution >= 4 is 11.9 Å². The van der Waals surface area contributed by atoms with Crippen LogP contribution in [0.3, 0.4) is 0 Å². The summed E-state index contributed by atoms with van der Waals surface area (Å²) < 4.78 is 4.53. The molecular weight excluding hydrogens is 226 g/mol. The van der Waals surface area contributed by atoms with E-state index in [4.69, 9.17) is 5.11 Å². The lowest BCUT2D eigenvalue weighted by molar-refractivity contribution is -0.139. The van der Waals surface area contributed by atoms with Gasteiger partial charge >= 0.3 is 11.6 Å². The summed E-state index contributed by atoms with van der Waals surface area (Å²) in [6.07, 6.45) is 2.63. The molecule has 1 atom stereocenters. The lowest BCUT2D eigenvalue weighted by Gasteiger charge is -2.12. The highest BCUT2D eigenvalue weighted by Crippen LogP contribution is 2.32. The predicted octanol–water partition coefficient (Wildman–Crippen LogP) is 0.233. The summed E-state index contributed by atoms with van der Waals surface area (Å²) in [6.45, 7) is 0. The molecule has 0 aromatic carbocycles. The number of rotatable bonds is 4. The number of carboxylic acid groups (broad SMARTS) is 1. The Bertz CT molecular complexity index is 482. The normalized spacial score (nSPS) is 16.2. The van der Waals surface area contributed by atoms with Gasteiger partial charge in [-0.15, -0.1) is 0 Å². The number of carboxylic acids is 1. The Balaban J connectivity index is 2.07. The van der Waals surface area contributed by atoms with Crippen molar-refractivity contribution in [3.63, 3.8) is 0 Å². The van der Waals surface area contributed by atoms with Crippen molar-refractivity contribution in [1.82, 2.24) is 5.32 Å². The Morgan fingerprint density at radius 1 is 1.41 bits per heavy atom. The van der Waals surface area contributed by atoms with Crippen molar-refractivity contribution in [1.29, 1.82) is 0 Å². The molecule has 1 amide bonds. The molecule has 90 valence electrons. The molecule has 2 rings (SSSR count). The van der Waals surface area contributed by atoms with Crippen LogP contribution in [0.1, 0.15) is 23.2 Å². The van der Waals surface area contributed by atoms with Crippen LogP contribution in [0, 0.1) is 5.92 Å². The zero-order chi connectivity index (χ0) is 12.4. The second kappa shape index (κ2) is 4.40. The fourth-order valence-electron chi connectivity index (χ4n) is 1.52. The van der Waals surface area contributed by atoms with Crippen molar-refractivity contribution in [2.24, 2.45) is 5.92 Å². The maximum absolute atomic E-state index is 11.7. The number of hydrogen-bond acceptors (Lipinski definition) is 4. The number of carbonyl (C=O) groups is 2. The number of aliphatic carboxylic acids is 1. The van der Waals surface area contributed by atoms with Gasteiger partial charge in [-0.3, -0.25) is 4.79 Å². The Morgan fingerprint density at radius 3 is 2.59 bits per heavy atom. The minimum Gasteiger partial charge on any atom is -0.480 e. The zero-order valence-electron chi connectivity index (χ0n) is 8.88. The summed E-state index contributed by atoms with van der Waals surface area (Å²) in [5.41, 5.74) is -0.421. The minimum absolute atomic E-state index is 0.00664. The summed E-state index contributed by atoms with van der Waals surface area (Å²) in [5, 5.41) is 11.3. The molecule has 1 heterocycles. The molecule has 1 unspecified atom stereocenters. The molecule has 1 fully saturated rings. The molecule has 0 bridgehead atoms. The van der Waals surface area contributed by atoms with E-state index in [0.29, 0.717) is 0 Å². The molecule has 1 aromatic rings. The number of nitrogens with one attached hydrogen (secondary N) is 1. The van der Waals surface area contributed by atoms with Gasteiger partial charge < -0.3 is 14.8 Å². The molecule has 2 N–H and O–H groups in total. The smallest absolute Gasteiger partial charge is 0.335 e. The van der Waals surface area contributed by atoms with E-state index in [2.05, 4.69) is 9.73 Å². The van der Waals surface area contributed by atoms with Crippen molar-refractivity contribution in [2.75, 3.05) is 0 Å². The van der Waals surface area contributed by atoms with Crippen molar-refractivity contribution in [3.05, 3.63) is 34.4 Å². The van der Waals surface area contributed by atoms with Gasteiger partial charge in [0, 0.05) is 6.07 Å². The Morgan fingerprint density at radius 2 is 2.12 bits per heavy atom. The predicted molar refractivity (Wildman–Crippen MR) is 56.6 cm³/mol. The first-order chi connectivity index (χ1) is 8.08. The van der Waals surface area contributed by atoms with E-state index in [1.54, 1.807) is 0 Å². The standard InChI is InChI=1S/C11H11NO5/c13-8-4-3-7(5-17-8)10(14)12-9(11(15)16)6-1-2-6/h3-6,9H,1-2H2,(H,12,14)(H,15,16). The fraction of sp³-hybridized carbons (Fsp3) is 0.364. The molecular formula is C11H11NO5. The van der Waals surface area contributed by atoms with Gasteiger partial charge in [0.2, 0.25) is 0 Å². The average Bonchev–Trinajstić information content (AvgIpc) is 3.10. The second-order valence-corrected chi connectivity index (χ2v) is 3.97. The average molecular weight is 237 g/mol. The van der Waals surface area contributed by atoms with Crippen LogP contribution in [0.5, 0.6) is 0 Å². The topological polar surface area (TPSA) is 96.6 Å². The SMILES string of the molecule is O=C(NC(C(=O)O)C1CC1)c1ccc(=O)oc1. The van der Waals surface area contributed by atoms with E-state index in [1.165, 1.54) is 6.07 Å². The van der Waals surface area contributed by atoms with Gasteiger partial charge in [0.05, 0.1) is 5.56 Å². The lowest BCUT2D eigenvalue weighted by atomic mass is 10.1. The number of carbonyl (C=O) groups excluding carboxylic acids is 1. The molecule has 0 saturated heterocycles. The first kappa shape index (κ1) is 11.4. The van der Waals surface area contributed by atoms with Crippen LogP contribution >= 0.6 is 0 Å². The molecule has 0 radical (unpaired) electrons. The van der Waals surface area contributed by atoms with E-state index in [0.717, 1.165) is 25.2 Å². The van der Waals surface area contributed by atoms with Gasteiger partial charge in [-0.25, -0.2) is 9.59 Å². The fourth-order valence-corrected chi connectivity index (χ4v) is 1.52. The summed E-state index contributed by atoms with van der Waals surface area (Å²) in [7, 11) is 0. The van der Waals surface area contributed by atoms with Crippen LogP contribution in [0.25, 0.3) is 0 Å². The monoisotopic (exact) mass is 237 g/mol. The van der Waals surface area contributed by atoms with E-state index in [-0.39, 0.29) is 11.5 Å². The van der Waals surface area contributed by atoms with Crippen molar-refractivity contribution < 1.29 is 19.1 Å². The molecule has 1 aliphatic rings. The summed E-state index contributed by atoms with van der Waals surface area (Å²) >= 11 is 0. The van der Waals surface area contributed by atoms with Crippen molar-refractivity contribution in [3.8, 4) is 0 Å². The second-order valence-electron chi connectivity index (χ2n) is 3.97. The highest BCUT2D eigenvalue weighted by Gasteiger charge is 2.37. The quantitative estimate of drug-likeness (QED) is 0.781. The third kappa shape index (κ3) is 2.72. The zero-order valence-corrected chi connectivity index (χ0v) is 8.88. The summed E-state index contributed by atoms with van der Waals surface area (Å²) in [6, 6.07) is 1.55. The molecule has 0 aliphatic heterocycles. The minimum atomic E-state index is -1.04. The first-order valence-electron chi connectivity index (χ1n) is 5.20. The first-order valence-corrected chi connectivity index (χ1v) is 5.20. The number of amides is 1. The van der Waals surface area contributed by atoms with Crippen LogP contribution < -0.4 is 10.9 Å². The Kier molecular flexibility index (Phi) is 2.95. The number of hydrogen-bond donors (Lipinski definition) is 2. The van der Waals surface area contributed by atoms with Gasteiger partial charge in [0.1, 0.15) is 12.3 Å². The maximum atomic E-state index is 11.7. The van der Waals surface area contributed by atoms with Gasteiger partial charge in [-0.1, -0.05) is 0 Å². The van der Waals surface area contributed by atoms with E-state index >= 15 is 0 Å². The highest BCUT2D eigenvalue weighted by atomic mass is 16.4. The van der Waals surface area contributed by atoms with Crippen LogP contribution in [0.15, 0.2) is 27.6 Å². The van der Waals surface area contributed by atoms with E-state index in [1.807, 2.05) is 0 Å². The molecule has 1 aromatic heterocycles. The van der Waals surface area contributed by atoms with Crippen LogP contribution in [0.4, 0.5) is 0 Å². The molecule has 0 spiro atoms. The summed E-state index contributed by atoms with van der Waals surface area (Å²) in [5.74, 6) is -1.58. The van der Waals surface area contributed by atoms with Gasteiger partial charge in [-0.05, 0) is 24.8 Å². The van der Waals surface area contributed by atoms with Crippen LogP contribution in [-0.4, -0.2) is 23.0 Å². The van der Waals surface area contributed by atoms with Gasteiger partial charge in [0.15, 0.2) is 0 Å². The Labute approximate surface area is 96.2 Å². The molecule has 17 heavy (non-hydrogen) atoms. The van der Waals surface area contributed by atoms with E-state index in [9.17, 15) is 14.4 Å². The molecule has 1 saturated carbocycles. The Hall–Kier alpha value is -2.11. The third-order valence-electron chi connectivity index (χ3n) is 2.61. The van der Waals surface area contributed by atoms with Gasteiger partial charge in [-0.2, -0.15) is 0 Å². The lowest BCUT2D eigenvalue weighted by Crippen LogP contribution is -2.42. The third-order valence-corrected chi connectivity index (χ3v) is 2.61. The van der Waals surface area contributed by atoms with Crippen LogP contribution in [-0.2, 0) is 4.79 Å². The maximum Gasteiger partial charge on any atom is 0.335 e. The van der Waals surface area contributed by atoms with Crippen molar-refractivity contribution in [2.45, 2.75) is 18.9 Å². The summed E-state index contributed by atoms with van der Waals surface area (Å²) in [4.78, 5) is 33.3. The van der Waals surface area contributed by atoms with E-state index < -0.39 is 23.5 Å². The van der Waals surface area contributed by atoms with Crippen LogP contribution in [0.2, 0.25) is 0 Å². The molecule has 6 nitrogen and oxygen atoms in total. The largest absolute Gasteiger partial charge is 0.480 e. The van der Waals surface area contributed by atoms with Gasteiger partial charge in [0.25, 0.3) is 5.91 Å². The molecule has 6 heteroatoms. The highest BCUT2D eigenvalue weighted by molar-refractivity contribution is 5.96. The molecule has 1 aliphatic carbocycles.